The van der Waals surface area contributed by atoms with Gasteiger partial charge in [0.25, 0.3) is 0 Å². The van der Waals surface area contributed by atoms with Crippen LogP contribution in [0.15, 0.2) is 42.7 Å². The summed E-state index contributed by atoms with van der Waals surface area (Å²) in [7, 11) is 0. The van der Waals surface area contributed by atoms with Crippen LogP contribution in [0.4, 0.5) is 5.82 Å². The normalized spacial score (nSPS) is 17.4. The molecule has 5 heteroatoms. The number of aromatic nitrogens is 3. The molecule has 3 heterocycles. The highest BCUT2D eigenvalue weighted by atomic mass is 15.2. The lowest BCUT2D eigenvalue weighted by Gasteiger charge is -2.40. The highest BCUT2D eigenvalue weighted by molar-refractivity contribution is 5.88. The molecule has 3 aromatic rings. The SMILES string of the molecule is CC(C)(C)c1ccc(CC2(N)CCN(c3nccc4[nH]ncc34)CC2)cc1. The van der Waals surface area contributed by atoms with E-state index in [9.17, 15) is 0 Å². The lowest BCUT2D eigenvalue weighted by molar-refractivity contribution is 0.330. The molecular weight excluding hydrogens is 334 g/mol. The maximum Gasteiger partial charge on any atom is 0.139 e. The zero-order valence-corrected chi connectivity index (χ0v) is 16.5. The van der Waals surface area contributed by atoms with Crippen LogP contribution in [0.1, 0.15) is 44.7 Å². The minimum Gasteiger partial charge on any atom is -0.356 e. The summed E-state index contributed by atoms with van der Waals surface area (Å²) < 4.78 is 0. The van der Waals surface area contributed by atoms with Gasteiger partial charge in [0.15, 0.2) is 0 Å². The Morgan fingerprint density at radius 3 is 2.48 bits per heavy atom. The van der Waals surface area contributed by atoms with Crippen molar-refractivity contribution >= 4 is 16.7 Å². The molecule has 2 aromatic heterocycles. The Labute approximate surface area is 161 Å². The Morgan fingerprint density at radius 1 is 1.11 bits per heavy atom. The molecule has 4 rings (SSSR count). The number of piperidine rings is 1. The molecule has 142 valence electrons. The van der Waals surface area contributed by atoms with Crippen LogP contribution in [0.3, 0.4) is 0 Å². The van der Waals surface area contributed by atoms with Gasteiger partial charge in [-0.1, -0.05) is 45.0 Å². The molecule has 5 nitrogen and oxygen atoms in total. The van der Waals surface area contributed by atoms with E-state index in [1.54, 1.807) is 0 Å². The number of fused-ring (bicyclic) bond motifs is 1. The van der Waals surface area contributed by atoms with Gasteiger partial charge in [0.1, 0.15) is 5.82 Å². The molecule has 0 saturated carbocycles. The van der Waals surface area contributed by atoms with Gasteiger partial charge in [-0.05, 0) is 41.9 Å². The number of nitrogens with two attached hydrogens (primary N) is 1. The second kappa shape index (κ2) is 6.64. The summed E-state index contributed by atoms with van der Waals surface area (Å²) in [5.74, 6) is 1.01. The van der Waals surface area contributed by atoms with Crippen LogP contribution in [-0.2, 0) is 11.8 Å². The highest BCUT2D eigenvalue weighted by Gasteiger charge is 2.32. The summed E-state index contributed by atoms with van der Waals surface area (Å²) in [5, 5.41) is 8.25. The Hall–Kier alpha value is -2.40. The predicted molar refractivity (Wildman–Crippen MR) is 111 cm³/mol. The fourth-order valence-corrected chi connectivity index (χ4v) is 3.98. The zero-order valence-electron chi connectivity index (χ0n) is 16.5. The van der Waals surface area contributed by atoms with Crippen molar-refractivity contribution in [3.8, 4) is 0 Å². The molecule has 1 saturated heterocycles. The van der Waals surface area contributed by atoms with Crippen molar-refractivity contribution in [2.75, 3.05) is 18.0 Å². The molecule has 1 aromatic carbocycles. The molecule has 27 heavy (non-hydrogen) atoms. The van der Waals surface area contributed by atoms with Gasteiger partial charge in [-0.3, -0.25) is 5.10 Å². The predicted octanol–water partition coefficient (Wildman–Crippen LogP) is 3.80. The van der Waals surface area contributed by atoms with E-state index in [1.165, 1.54) is 11.1 Å². The van der Waals surface area contributed by atoms with Gasteiger partial charge in [-0.15, -0.1) is 0 Å². The molecule has 0 atom stereocenters. The first-order chi connectivity index (χ1) is 12.8. The fraction of sp³-hybridized carbons (Fsp3) is 0.455. The number of benzene rings is 1. The third-order valence-corrected chi connectivity index (χ3v) is 5.78. The molecule has 1 aliphatic heterocycles. The summed E-state index contributed by atoms with van der Waals surface area (Å²) in [6.45, 7) is 8.59. The van der Waals surface area contributed by atoms with Crippen LogP contribution in [0, 0.1) is 0 Å². The molecule has 0 bridgehead atoms. The minimum atomic E-state index is -0.149. The summed E-state index contributed by atoms with van der Waals surface area (Å²) in [6, 6.07) is 10.9. The number of nitrogens with zero attached hydrogens (tertiary/aromatic N) is 3. The number of aromatic amines is 1. The smallest absolute Gasteiger partial charge is 0.139 e. The van der Waals surface area contributed by atoms with Crippen LogP contribution in [0.5, 0.6) is 0 Å². The van der Waals surface area contributed by atoms with Gasteiger partial charge in [-0.2, -0.15) is 5.10 Å². The third kappa shape index (κ3) is 3.69. The van der Waals surface area contributed by atoms with Gasteiger partial charge in [0.05, 0.1) is 17.1 Å². The minimum absolute atomic E-state index is 0.149. The molecule has 1 fully saturated rings. The van der Waals surface area contributed by atoms with Gasteiger partial charge in [0.2, 0.25) is 0 Å². The van der Waals surface area contributed by atoms with Crippen LogP contribution in [-0.4, -0.2) is 33.8 Å². The summed E-state index contributed by atoms with van der Waals surface area (Å²) in [5.41, 5.74) is 10.5. The quantitative estimate of drug-likeness (QED) is 0.743. The number of anilines is 1. The van der Waals surface area contributed by atoms with E-state index in [0.717, 1.165) is 49.1 Å². The Balaban J connectivity index is 1.44. The molecule has 0 amide bonds. The number of nitrogens with one attached hydrogen (secondary N) is 1. The second-order valence-electron chi connectivity index (χ2n) is 8.94. The van der Waals surface area contributed by atoms with Crippen LogP contribution in [0.2, 0.25) is 0 Å². The third-order valence-electron chi connectivity index (χ3n) is 5.78. The van der Waals surface area contributed by atoms with E-state index in [0.29, 0.717) is 0 Å². The van der Waals surface area contributed by atoms with Crippen molar-refractivity contribution in [1.82, 2.24) is 15.2 Å². The Kier molecular flexibility index (Phi) is 4.42. The van der Waals surface area contributed by atoms with Gasteiger partial charge in [0, 0.05) is 24.8 Å². The molecule has 0 aliphatic carbocycles. The number of H-pyrrole nitrogens is 1. The first-order valence-electron chi connectivity index (χ1n) is 9.75. The fourth-order valence-electron chi connectivity index (χ4n) is 3.98. The molecule has 3 N–H and O–H groups in total. The highest BCUT2D eigenvalue weighted by Crippen LogP contribution is 2.30. The van der Waals surface area contributed by atoms with Crippen molar-refractivity contribution in [2.45, 2.75) is 51.0 Å². The molecule has 0 unspecified atom stereocenters. The maximum atomic E-state index is 6.78. The van der Waals surface area contributed by atoms with Crippen molar-refractivity contribution < 1.29 is 0 Å². The van der Waals surface area contributed by atoms with Gasteiger partial charge in [-0.25, -0.2) is 4.98 Å². The van der Waals surface area contributed by atoms with Crippen molar-refractivity contribution in [1.29, 1.82) is 0 Å². The maximum absolute atomic E-state index is 6.78. The largest absolute Gasteiger partial charge is 0.356 e. The molecular formula is C22H29N5. The number of hydrogen-bond acceptors (Lipinski definition) is 4. The van der Waals surface area contributed by atoms with E-state index in [1.807, 2.05) is 18.5 Å². The van der Waals surface area contributed by atoms with Crippen LogP contribution < -0.4 is 10.6 Å². The summed E-state index contributed by atoms with van der Waals surface area (Å²) >= 11 is 0. The molecule has 0 radical (unpaired) electrons. The first-order valence-corrected chi connectivity index (χ1v) is 9.75. The summed E-state index contributed by atoms with van der Waals surface area (Å²) in [4.78, 5) is 6.93. The van der Waals surface area contributed by atoms with Crippen molar-refractivity contribution in [3.05, 3.63) is 53.9 Å². The van der Waals surface area contributed by atoms with E-state index in [-0.39, 0.29) is 11.0 Å². The number of hydrogen-bond donors (Lipinski definition) is 2. The topological polar surface area (TPSA) is 70.8 Å². The van der Waals surface area contributed by atoms with E-state index >= 15 is 0 Å². The van der Waals surface area contributed by atoms with E-state index in [2.05, 4.69) is 65.1 Å². The lowest BCUT2D eigenvalue weighted by Crippen LogP contribution is -2.52. The Morgan fingerprint density at radius 2 is 1.81 bits per heavy atom. The van der Waals surface area contributed by atoms with Gasteiger partial charge >= 0.3 is 0 Å². The van der Waals surface area contributed by atoms with E-state index < -0.39 is 0 Å². The Bertz CT molecular complexity index is 912. The zero-order chi connectivity index (χ0) is 19.1. The first kappa shape index (κ1) is 18.0. The van der Waals surface area contributed by atoms with Crippen LogP contribution in [0.25, 0.3) is 10.9 Å². The monoisotopic (exact) mass is 363 g/mol. The van der Waals surface area contributed by atoms with Crippen LogP contribution >= 0.6 is 0 Å². The van der Waals surface area contributed by atoms with Crippen molar-refractivity contribution in [3.63, 3.8) is 0 Å². The average Bonchev–Trinajstić information content (AvgIpc) is 3.11. The molecule has 0 spiro atoms. The van der Waals surface area contributed by atoms with E-state index in [4.69, 9.17) is 5.73 Å². The van der Waals surface area contributed by atoms with Crippen molar-refractivity contribution in [2.24, 2.45) is 5.73 Å². The second-order valence-corrected chi connectivity index (χ2v) is 8.94. The van der Waals surface area contributed by atoms with Gasteiger partial charge < -0.3 is 10.6 Å². The molecule has 1 aliphatic rings. The standard InChI is InChI=1S/C22H29N5/c1-21(2,3)17-6-4-16(5-7-17)14-22(23)9-12-27(13-10-22)20-18-15-25-26-19(18)8-11-24-20/h4-8,11,15H,9-10,12-14,23H2,1-3H3,(H,25,26). The lowest BCUT2D eigenvalue weighted by atomic mass is 9.81. The average molecular weight is 364 g/mol. The summed E-state index contributed by atoms with van der Waals surface area (Å²) in [6.07, 6.45) is 6.55. The number of rotatable bonds is 3. The number of pyridine rings is 1.